The molecule has 0 radical (unpaired) electrons. The molecule has 0 unspecified atom stereocenters. The fourth-order valence-corrected chi connectivity index (χ4v) is 4.66. The lowest BCUT2D eigenvalue weighted by atomic mass is 9.95. The van der Waals surface area contributed by atoms with Gasteiger partial charge >= 0.3 is 0 Å². The quantitative estimate of drug-likeness (QED) is 0.390. The molecule has 34 heavy (non-hydrogen) atoms. The van der Waals surface area contributed by atoms with Crippen molar-refractivity contribution in [1.82, 2.24) is 10.2 Å². The highest BCUT2D eigenvalue weighted by atomic mass is 79.9. The van der Waals surface area contributed by atoms with Gasteiger partial charge in [-0.05, 0) is 68.1 Å². The Labute approximate surface area is 211 Å². The molecular formula is C27H35BrN2O4. The van der Waals surface area contributed by atoms with E-state index in [1.807, 2.05) is 55.5 Å². The number of nitrogens with one attached hydrogen (secondary N) is 1. The molecule has 1 saturated carbocycles. The fourth-order valence-electron chi connectivity index (χ4n) is 4.21. The first-order valence-electron chi connectivity index (χ1n) is 12.1. The molecule has 2 aromatic carbocycles. The van der Waals surface area contributed by atoms with Crippen LogP contribution in [-0.4, -0.2) is 42.5 Å². The second-order valence-corrected chi connectivity index (χ2v) is 9.71. The maximum Gasteiger partial charge on any atom is 0.242 e. The van der Waals surface area contributed by atoms with E-state index in [9.17, 15) is 9.59 Å². The van der Waals surface area contributed by atoms with Crippen molar-refractivity contribution in [1.29, 1.82) is 0 Å². The first kappa shape index (κ1) is 26.1. The zero-order chi connectivity index (χ0) is 24.3. The van der Waals surface area contributed by atoms with Crippen molar-refractivity contribution in [3.63, 3.8) is 0 Å². The van der Waals surface area contributed by atoms with Crippen LogP contribution in [0, 0.1) is 0 Å². The number of methoxy groups -OCH3 is 1. The molecule has 1 aliphatic rings. The van der Waals surface area contributed by atoms with Gasteiger partial charge in [0, 0.05) is 23.5 Å². The Morgan fingerprint density at radius 3 is 2.47 bits per heavy atom. The van der Waals surface area contributed by atoms with Gasteiger partial charge in [0.2, 0.25) is 11.8 Å². The van der Waals surface area contributed by atoms with Crippen LogP contribution in [-0.2, 0) is 16.1 Å². The Bertz CT molecular complexity index is 928. The number of rotatable bonds is 11. The molecule has 0 aliphatic heterocycles. The molecule has 0 saturated heterocycles. The van der Waals surface area contributed by atoms with Crippen LogP contribution in [0.3, 0.4) is 0 Å². The molecule has 0 aromatic heterocycles. The lowest BCUT2D eigenvalue weighted by Crippen LogP contribution is -2.50. The molecular weight excluding hydrogens is 496 g/mol. The molecule has 1 N–H and O–H groups in total. The molecule has 0 bridgehead atoms. The van der Waals surface area contributed by atoms with Crippen LogP contribution in [0.1, 0.15) is 57.4 Å². The van der Waals surface area contributed by atoms with Gasteiger partial charge in [0.1, 0.15) is 17.5 Å². The van der Waals surface area contributed by atoms with Crippen molar-refractivity contribution in [3.8, 4) is 11.5 Å². The standard InChI is InChI=1S/C27H35BrN2O4/c1-20(27(32)29-23-10-4-3-5-11-23)30(19-21-8-6-9-22(28)18-21)26(31)12-7-17-34-25-15-13-24(33-2)14-16-25/h6,8-9,13-16,18,20,23H,3-5,7,10-12,17,19H2,1-2H3,(H,29,32)/t20-/m0/s1. The third kappa shape index (κ3) is 8.05. The minimum absolute atomic E-state index is 0.0513. The number of amides is 2. The number of hydrogen-bond acceptors (Lipinski definition) is 4. The highest BCUT2D eigenvalue weighted by Gasteiger charge is 2.27. The van der Waals surface area contributed by atoms with Crippen LogP contribution in [0.15, 0.2) is 53.0 Å². The van der Waals surface area contributed by atoms with E-state index < -0.39 is 6.04 Å². The summed E-state index contributed by atoms with van der Waals surface area (Å²) < 4.78 is 11.9. The van der Waals surface area contributed by atoms with Gasteiger partial charge in [0.05, 0.1) is 13.7 Å². The van der Waals surface area contributed by atoms with E-state index in [4.69, 9.17) is 9.47 Å². The lowest BCUT2D eigenvalue weighted by Gasteiger charge is -2.31. The number of nitrogens with zero attached hydrogens (tertiary/aromatic N) is 1. The second-order valence-electron chi connectivity index (χ2n) is 8.80. The highest BCUT2D eigenvalue weighted by molar-refractivity contribution is 9.10. The predicted octanol–water partition coefficient (Wildman–Crippen LogP) is 5.48. The van der Waals surface area contributed by atoms with Gasteiger partial charge in [-0.2, -0.15) is 0 Å². The van der Waals surface area contributed by atoms with E-state index in [2.05, 4.69) is 21.2 Å². The van der Waals surface area contributed by atoms with E-state index in [-0.39, 0.29) is 17.9 Å². The van der Waals surface area contributed by atoms with Crippen LogP contribution in [0.25, 0.3) is 0 Å². The van der Waals surface area contributed by atoms with Crippen LogP contribution >= 0.6 is 15.9 Å². The summed E-state index contributed by atoms with van der Waals surface area (Å²) in [4.78, 5) is 27.9. The lowest BCUT2D eigenvalue weighted by molar-refractivity contribution is -0.141. The zero-order valence-corrected chi connectivity index (χ0v) is 21.7. The van der Waals surface area contributed by atoms with Crippen molar-refractivity contribution in [3.05, 3.63) is 58.6 Å². The summed E-state index contributed by atoms with van der Waals surface area (Å²) in [5.74, 6) is 1.38. The van der Waals surface area contributed by atoms with E-state index in [0.717, 1.165) is 47.2 Å². The molecule has 1 aliphatic carbocycles. The maximum absolute atomic E-state index is 13.2. The van der Waals surface area contributed by atoms with Crippen LogP contribution in [0.2, 0.25) is 0 Å². The minimum atomic E-state index is -0.545. The summed E-state index contributed by atoms with van der Waals surface area (Å²) in [6, 6.07) is 14.9. The van der Waals surface area contributed by atoms with Crippen molar-refractivity contribution in [2.24, 2.45) is 0 Å². The maximum atomic E-state index is 13.2. The third-order valence-electron chi connectivity index (χ3n) is 6.22. The van der Waals surface area contributed by atoms with Gasteiger partial charge in [-0.1, -0.05) is 47.3 Å². The summed E-state index contributed by atoms with van der Waals surface area (Å²) in [6.07, 6.45) is 6.43. The fraction of sp³-hybridized carbons (Fsp3) is 0.481. The Morgan fingerprint density at radius 2 is 1.79 bits per heavy atom. The Balaban J connectivity index is 1.58. The van der Waals surface area contributed by atoms with Gasteiger partial charge in [-0.3, -0.25) is 9.59 Å². The molecule has 2 aromatic rings. The second kappa shape index (κ2) is 13.4. The minimum Gasteiger partial charge on any atom is -0.497 e. The summed E-state index contributed by atoms with van der Waals surface area (Å²) in [7, 11) is 1.62. The number of benzene rings is 2. The van der Waals surface area contributed by atoms with Crippen molar-refractivity contribution in [2.45, 2.75) is 70.5 Å². The molecule has 0 spiro atoms. The van der Waals surface area contributed by atoms with Gasteiger partial charge in [0.25, 0.3) is 0 Å². The molecule has 0 heterocycles. The number of carbonyl (C=O) groups excluding carboxylic acids is 2. The van der Waals surface area contributed by atoms with Crippen LogP contribution in [0.4, 0.5) is 0 Å². The summed E-state index contributed by atoms with van der Waals surface area (Å²) in [5, 5.41) is 3.17. The van der Waals surface area contributed by atoms with Crippen LogP contribution in [0.5, 0.6) is 11.5 Å². The topological polar surface area (TPSA) is 67.9 Å². The van der Waals surface area contributed by atoms with E-state index in [1.54, 1.807) is 12.0 Å². The summed E-state index contributed by atoms with van der Waals surface area (Å²) >= 11 is 3.50. The molecule has 7 heteroatoms. The normalized spacial score (nSPS) is 14.8. The molecule has 3 rings (SSSR count). The Kier molecular flexibility index (Phi) is 10.3. The SMILES string of the molecule is COc1ccc(OCCCC(=O)N(Cc2cccc(Br)c2)[C@@H](C)C(=O)NC2CCCCC2)cc1. The van der Waals surface area contributed by atoms with Crippen LogP contribution < -0.4 is 14.8 Å². The first-order chi connectivity index (χ1) is 16.5. The average Bonchev–Trinajstić information content (AvgIpc) is 2.85. The summed E-state index contributed by atoms with van der Waals surface area (Å²) in [6.45, 7) is 2.63. The number of halogens is 1. The number of carbonyl (C=O) groups is 2. The molecule has 6 nitrogen and oxygen atoms in total. The van der Waals surface area contributed by atoms with E-state index in [1.165, 1.54) is 6.42 Å². The predicted molar refractivity (Wildman–Crippen MR) is 137 cm³/mol. The van der Waals surface area contributed by atoms with Gasteiger partial charge < -0.3 is 19.7 Å². The van der Waals surface area contributed by atoms with Crippen molar-refractivity contribution < 1.29 is 19.1 Å². The van der Waals surface area contributed by atoms with Gasteiger partial charge in [0.15, 0.2) is 0 Å². The monoisotopic (exact) mass is 530 g/mol. The largest absolute Gasteiger partial charge is 0.497 e. The average molecular weight is 531 g/mol. The van der Waals surface area contributed by atoms with Crippen molar-refractivity contribution >= 4 is 27.7 Å². The molecule has 1 atom stereocenters. The van der Waals surface area contributed by atoms with Crippen molar-refractivity contribution in [2.75, 3.05) is 13.7 Å². The number of hydrogen-bond donors (Lipinski definition) is 1. The first-order valence-corrected chi connectivity index (χ1v) is 12.9. The molecule has 2 amide bonds. The molecule has 184 valence electrons. The van der Waals surface area contributed by atoms with Gasteiger partial charge in [-0.25, -0.2) is 0 Å². The van der Waals surface area contributed by atoms with E-state index in [0.29, 0.717) is 26.0 Å². The zero-order valence-electron chi connectivity index (χ0n) is 20.1. The van der Waals surface area contributed by atoms with Gasteiger partial charge in [-0.15, -0.1) is 0 Å². The third-order valence-corrected chi connectivity index (χ3v) is 6.72. The van der Waals surface area contributed by atoms with E-state index >= 15 is 0 Å². The smallest absolute Gasteiger partial charge is 0.242 e. The Hall–Kier alpha value is -2.54. The highest BCUT2D eigenvalue weighted by Crippen LogP contribution is 2.20. The summed E-state index contributed by atoms with van der Waals surface area (Å²) in [5.41, 5.74) is 0.981. The molecule has 1 fully saturated rings. The Morgan fingerprint density at radius 1 is 1.09 bits per heavy atom. The number of ether oxygens (including phenoxy) is 2.